The van der Waals surface area contributed by atoms with Crippen LogP contribution < -0.4 is 0 Å². The van der Waals surface area contributed by atoms with E-state index in [1.54, 1.807) is 6.20 Å². The van der Waals surface area contributed by atoms with Gasteiger partial charge in [-0.25, -0.2) is 13.4 Å². The third-order valence-corrected chi connectivity index (χ3v) is 4.66. The molecule has 1 aromatic heterocycles. The second-order valence-electron chi connectivity index (χ2n) is 4.73. The number of sulfonamides is 1. The summed E-state index contributed by atoms with van der Waals surface area (Å²) in [5.74, 6) is 0.789. The lowest BCUT2D eigenvalue weighted by atomic mass is 10.1. The molecule has 0 aliphatic carbocycles. The molecule has 0 N–H and O–H groups in total. The summed E-state index contributed by atoms with van der Waals surface area (Å²) in [5, 5.41) is 0. The SMILES string of the molecule is CS(=O)(=O)N1Cc2nccn2C[C@@H]1c1ccccc1. The Morgan fingerprint density at radius 2 is 2.00 bits per heavy atom. The molecule has 0 spiro atoms. The lowest BCUT2D eigenvalue weighted by molar-refractivity contribution is 0.245. The summed E-state index contributed by atoms with van der Waals surface area (Å²) in [4.78, 5) is 4.21. The van der Waals surface area contributed by atoms with Gasteiger partial charge >= 0.3 is 0 Å². The first-order valence-corrected chi connectivity index (χ1v) is 7.92. The summed E-state index contributed by atoms with van der Waals surface area (Å²) in [6, 6.07) is 9.55. The van der Waals surface area contributed by atoms with Gasteiger partial charge in [0.15, 0.2) is 0 Å². The molecule has 0 amide bonds. The Hall–Kier alpha value is -1.66. The van der Waals surface area contributed by atoms with Crippen LogP contribution in [0.2, 0.25) is 0 Å². The van der Waals surface area contributed by atoms with Crippen molar-refractivity contribution < 1.29 is 8.42 Å². The molecule has 2 aromatic rings. The lowest BCUT2D eigenvalue weighted by Crippen LogP contribution is -2.40. The minimum absolute atomic E-state index is 0.169. The average Bonchev–Trinajstić information content (AvgIpc) is 2.84. The molecule has 0 saturated carbocycles. The number of aromatic nitrogens is 2. The molecule has 3 rings (SSSR count). The van der Waals surface area contributed by atoms with Crippen LogP contribution in [-0.4, -0.2) is 28.5 Å². The Kier molecular flexibility index (Phi) is 2.91. The van der Waals surface area contributed by atoms with E-state index in [1.807, 2.05) is 41.1 Å². The van der Waals surface area contributed by atoms with Crippen LogP contribution in [0.15, 0.2) is 42.7 Å². The molecule has 0 fully saturated rings. The highest BCUT2D eigenvalue weighted by Gasteiger charge is 2.33. The highest BCUT2D eigenvalue weighted by molar-refractivity contribution is 7.88. The van der Waals surface area contributed by atoms with E-state index in [0.29, 0.717) is 13.1 Å². The normalized spacial score (nSPS) is 20.2. The van der Waals surface area contributed by atoms with Crippen LogP contribution in [0.1, 0.15) is 17.4 Å². The van der Waals surface area contributed by atoms with E-state index in [1.165, 1.54) is 10.6 Å². The zero-order valence-electron chi connectivity index (χ0n) is 10.6. The molecule has 2 heterocycles. The molecule has 1 atom stereocenters. The van der Waals surface area contributed by atoms with E-state index in [0.717, 1.165) is 11.4 Å². The van der Waals surface area contributed by atoms with Crippen molar-refractivity contribution in [3.05, 3.63) is 54.1 Å². The van der Waals surface area contributed by atoms with E-state index in [2.05, 4.69) is 4.98 Å². The third-order valence-electron chi connectivity index (χ3n) is 3.43. The van der Waals surface area contributed by atoms with E-state index >= 15 is 0 Å². The summed E-state index contributed by atoms with van der Waals surface area (Å²) in [7, 11) is -3.26. The Balaban J connectivity index is 2.06. The van der Waals surface area contributed by atoms with Crippen LogP contribution in [0.5, 0.6) is 0 Å². The van der Waals surface area contributed by atoms with Gasteiger partial charge in [-0.2, -0.15) is 4.31 Å². The summed E-state index contributed by atoms with van der Waals surface area (Å²) in [6.45, 7) is 0.928. The lowest BCUT2D eigenvalue weighted by Gasteiger charge is -2.34. The smallest absolute Gasteiger partial charge is 0.212 e. The molecular formula is C13H15N3O2S. The van der Waals surface area contributed by atoms with Crippen molar-refractivity contribution >= 4 is 10.0 Å². The van der Waals surface area contributed by atoms with Gasteiger partial charge < -0.3 is 4.57 Å². The second-order valence-corrected chi connectivity index (χ2v) is 6.67. The fraction of sp³-hybridized carbons (Fsp3) is 0.308. The molecule has 6 heteroatoms. The monoisotopic (exact) mass is 277 g/mol. The summed E-state index contributed by atoms with van der Waals surface area (Å²) >= 11 is 0. The fourth-order valence-corrected chi connectivity index (χ4v) is 3.48. The van der Waals surface area contributed by atoms with Crippen molar-refractivity contribution in [2.75, 3.05) is 6.26 Å². The van der Waals surface area contributed by atoms with Gasteiger partial charge in [-0.1, -0.05) is 30.3 Å². The fourth-order valence-electron chi connectivity index (χ4n) is 2.48. The van der Waals surface area contributed by atoms with Crippen molar-refractivity contribution in [2.45, 2.75) is 19.1 Å². The summed E-state index contributed by atoms with van der Waals surface area (Å²) in [6.07, 6.45) is 4.86. The maximum Gasteiger partial charge on any atom is 0.212 e. The molecule has 5 nitrogen and oxygen atoms in total. The number of hydrogen-bond donors (Lipinski definition) is 0. The molecule has 100 valence electrons. The Morgan fingerprint density at radius 3 is 2.68 bits per heavy atom. The first-order valence-electron chi connectivity index (χ1n) is 6.07. The molecule has 0 bridgehead atoms. The molecule has 1 aliphatic rings. The molecular weight excluding hydrogens is 262 g/mol. The summed E-state index contributed by atoms with van der Waals surface area (Å²) < 4.78 is 27.5. The predicted molar refractivity (Wildman–Crippen MR) is 71.8 cm³/mol. The minimum atomic E-state index is -3.26. The van der Waals surface area contributed by atoms with Crippen LogP contribution >= 0.6 is 0 Å². The molecule has 0 unspecified atom stereocenters. The largest absolute Gasteiger partial charge is 0.332 e. The van der Waals surface area contributed by atoms with E-state index in [4.69, 9.17) is 0 Å². The zero-order valence-corrected chi connectivity index (χ0v) is 11.4. The van der Waals surface area contributed by atoms with Gasteiger partial charge in [0, 0.05) is 18.9 Å². The second kappa shape index (κ2) is 4.47. The van der Waals surface area contributed by atoms with Crippen LogP contribution in [0.25, 0.3) is 0 Å². The zero-order chi connectivity index (χ0) is 13.5. The van der Waals surface area contributed by atoms with Crippen molar-refractivity contribution in [2.24, 2.45) is 0 Å². The van der Waals surface area contributed by atoms with E-state index < -0.39 is 10.0 Å². The van der Waals surface area contributed by atoms with Crippen LogP contribution in [0.3, 0.4) is 0 Å². The Bertz CT molecular complexity index is 679. The first-order chi connectivity index (χ1) is 9.05. The number of imidazole rings is 1. The third kappa shape index (κ3) is 2.29. The van der Waals surface area contributed by atoms with Gasteiger partial charge in [-0.15, -0.1) is 0 Å². The number of nitrogens with zero attached hydrogens (tertiary/aromatic N) is 3. The Morgan fingerprint density at radius 1 is 1.26 bits per heavy atom. The van der Waals surface area contributed by atoms with Gasteiger partial charge in [0.2, 0.25) is 10.0 Å². The van der Waals surface area contributed by atoms with Crippen molar-refractivity contribution in [1.82, 2.24) is 13.9 Å². The first kappa shape index (κ1) is 12.4. The van der Waals surface area contributed by atoms with Crippen molar-refractivity contribution in [3.8, 4) is 0 Å². The van der Waals surface area contributed by atoms with E-state index in [-0.39, 0.29) is 6.04 Å². The molecule has 0 saturated heterocycles. The number of fused-ring (bicyclic) bond motifs is 1. The maximum atomic E-state index is 12.0. The topological polar surface area (TPSA) is 55.2 Å². The molecule has 19 heavy (non-hydrogen) atoms. The van der Waals surface area contributed by atoms with Gasteiger partial charge in [0.1, 0.15) is 5.82 Å². The van der Waals surface area contributed by atoms with Crippen molar-refractivity contribution in [3.63, 3.8) is 0 Å². The molecule has 1 aromatic carbocycles. The standard InChI is InChI=1S/C13H15N3O2S/c1-19(17,18)16-10-13-14-7-8-15(13)9-12(16)11-5-3-2-4-6-11/h2-8,12H,9-10H2,1H3/t12-/m1/s1. The summed E-state index contributed by atoms with van der Waals surface area (Å²) in [5.41, 5.74) is 1.01. The van der Waals surface area contributed by atoms with E-state index in [9.17, 15) is 8.42 Å². The number of hydrogen-bond acceptors (Lipinski definition) is 3. The van der Waals surface area contributed by atoms with Crippen LogP contribution in [0.4, 0.5) is 0 Å². The average molecular weight is 277 g/mol. The minimum Gasteiger partial charge on any atom is -0.332 e. The quantitative estimate of drug-likeness (QED) is 0.833. The maximum absolute atomic E-state index is 12.0. The van der Waals surface area contributed by atoms with Gasteiger partial charge in [0.05, 0.1) is 18.8 Å². The van der Waals surface area contributed by atoms with Gasteiger partial charge in [-0.05, 0) is 5.56 Å². The molecule has 1 aliphatic heterocycles. The van der Waals surface area contributed by atoms with Crippen molar-refractivity contribution in [1.29, 1.82) is 0 Å². The number of benzene rings is 1. The highest BCUT2D eigenvalue weighted by Crippen LogP contribution is 2.30. The van der Waals surface area contributed by atoms with Crippen LogP contribution in [0, 0.1) is 0 Å². The number of rotatable bonds is 2. The van der Waals surface area contributed by atoms with Gasteiger partial charge in [0.25, 0.3) is 0 Å². The van der Waals surface area contributed by atoms with Gasteiger partial charge in [-0.3, -0.25) is 0 Å². The highest BCUT2D eigenvalue weighted by atomic mass is 32.2. The van der Waals surface area contributed by atoms with Crippen LogP contribution in [-0.2, 0) is 23.1 Å². The molecule has 0 radical (unpaired) electrons. The predicted octanol–water partition coefficient (Wildman–Crippen LogP) is 1.40. The Labute approximate surface area is 112 Å².